The van der Waals surface area contributed by atoms with Gasteiger partial charge in [0.1, 0.15) is 0 Å². The highest BCUT2D eigenvalue weighted by Gasteiger charge is 1.96. The zero-order valence-electron chi connectivity index (χ0n) is 8.85. The molecule has 0 saturated heterocycles. The molecule has 0 amide bonds. The van der Waals surface area contributed by atoms with Gasteiger partial charge in [-0.05, 0) is 0 Å². The predicted octanol–water partition coefficient (Wildman–Crippen LogP) is 2.30. The zero-order valence-corrected chi connectivity index (χ0v) is 10.5. The van der Waals surface area contributed by atoms with Crippen LogP contribution in [0.1, 0.15) is 11.4 Å². The molecule has 0 radical (unpaired) electrons. The van der Waals surface area contributed by atoms with Crippen molar-refractivity contribution in [3.05, 3.63) is 36.4 Å². The fourth-order valence-corrected chi connectivity index (χ4v) is 3.20. The minimum absolute atomic E-state index is 1.02. The second-order valence-electron chi connectivity index (χ2n) is 3.26. The minimum atomic E-state index is 1.02. The summed E-state index contributed by atoms with van der Waals surface area (Å²) in [6, 6.07) is 0. The SMILES string of the molecule is c1ncc(CSCCSCc2cnc[nH]2)[nH]1. The number of aromatic amines is 2. The standard InChI is InChI=1S/C10H14N4S2/c1(15-5-9-3-11-7-13-9)2-16-6-10-4-12-8-14-10/h3-4,7-8H,1-2,5-6H2,(H,11,13)(H,12,14). The highest BCUT2D eigenvalue weighted by Crippen LogP contribution is 2.14. The number of nitrogens with zero attached hydrogens (tertiary/aromatic N) is 2. The number of imidazole rings is 2. The smallest absolute Gasteiger partial charge is 0.0921 e. The second kappa shape index (κ2) is 6.65. The third kappa shape index (κ3) is 3.94. The Balaban J connectivity index is 1.49. The van der Waals surface area contributed by atoms with E-state index in [4.69, 9.17) is 0 Å². The molecule has 86 valence electrons. The van der Waals surface area contributed by atoms with Gasteiger partial charge in [-0.2, -0.15) is 23.5 Å². The van der Waals surface area contributed by atoms with Gasteiger partial charge in [0.15, 0.2) is 0 Å². The van der Waals surface area contributed by atoms with Gasteiger partial charge in [-0.15, -0.1) is 0 Å². The van der Waals surface area contributed by atoms with Crippen LogP contribution in [0.2, 0.25) is 0 Å². The molecule has 2 aromatic heterocycles. The minimum Gasteiger partial charge on any atom is -0.348 e. The summed E-state index contributed by atoms with van der Waals surface area (Å²) in [7, 11) is 0. The maximum Gasteiger partial charge on any atom is 0.0921 e. The third-order valence-electron chi connectivity index (χ3n) is 2.00. The van der Waals surface area contributed by atoms with Gasteiger partial charge in [0, 0.05) is 46.8 Å². The van der Waals surface area contributed by atoms with Crippen molar-refractivity contribution < 1.29 is 0 Å². The molecular formula is C10H14N4S2. The summed E-state index contributed by atoms with van der Waals surface area (Å²) in [5, 5.41) is 0. The van der Waals surface area contributed by atoms with Crippen molar-refractivity contribution in [2.45, 2.75) is 11.5 Å². The predicted molar refractivity (Wildman–Crippen MR) is 69.5 cm³/mol. The van der Waals surface area contributed by atoms with Crippen molar-refractivity contribution in [3.63, 3.8) is 0 Å². The molecule has 0 aliphatic heterocycles. The van der Waals surface area contributed by atoms with E-state index in [2.05, 4.69) is 19.9 Å². The van der Waals surface area contributed by atoms with E-state index in [1.54, 1.807) is 12.7 Å². The molecule has 6 heteroatoms. The molecule has 2 rings (SSSR count). The lowest BCUT2D eigenvalue weighted by Crippen LogP contribution is -1.88. The van der Waals surface area contributed by atoms with Crippen molar-refractivity contribution in [1.82, 2.24) is 19.9 Å². The first-order chi connectivity index (χ1) is 7.95. The Bertz CT molecular complexity index is 333. The molecule has 2 heterocycles. The quantitative estimate of drug-likeness (QED) is 0.744. The van der Waals surface area contributed by atoms with Crippen LogP contribution < -0.4 is 0 Å². The summed E-state index contributed by atoms with van der Waals surface area (Å²) < 4.78 is 0. The topological polar surface area (TPSA) is 57.4 Å². The molecule has 0 aromatic carbocycles. The van der Waals surface area contributed by atoms with Crippen molar-refractivity contribution in [2.75, 3.05) is 11.5 Å². The second-order valence-corrected chi connectivity index (χ2v) is 5.47. The maximum atomic E-state index is 3.99. The summed E-state index contributed by atoms with van der Waals surface area (Å²) in [4.78, 5) is 14.2. The van der Waals surface area contributed by atoms with E-state index in [0.717, 1.165) is 23.0 Å². The van der Waals surface area contributed by atoms with Crippen molar-refractivity contribution in [1.29, 1.82) is 0 Å². The number of thioether (sulfide) groups is 2. The van der Waals surface area contributed by atoms with Gasteiger partial charge in [-0.1, -0.05) is 0 Å². The normalized spacial score (nSPS) is 10.8. The summed E-state index contributed by atoms with van der Waals surface area (Å²) >= 11 is 3.86. The molecule has 16 heavy (non-hydrogen) atoms. The number of H-pyrrole nitrogens is 2. The van der Waals surface area contributed by atoms with Gasteiger partial charge in [0.25, 0.3) is 0 Å². The molecule has 0 aliphatic rings. The Hall–Kier alpha value is -0.880. The summed E-state index contributed by atoms with van der Waals surface area (Å²) in [6.45, 7) is 0. The van der Waals surface area contributed by atoms with E-state index in [0.29, 0.717) is 0 Å². The van der Waals surface area contributed by atoms with Crippen LogP contribution in [0.4, 0.5) is 0 Å². The average molecular weight is 254 g/mol. The van der Waals surface area contributed by atoms with Crippen LogP contribution in [0.3, 0.4) is 0 Å². The van der Waals surface area contributed by atoms with E-state index in [-0.39, 0.29) is 0 Å². The zero-order chi connectivity index (χ0) is 11.1. The van der Waals surface area contributed by atoms with E-state index >= 15 is 0 Å². The molecular weight excluding hydrogens is 240 g/mol. The first-order valence-electron chi connectivity index (χ1n) is 5.05. The summed E-state index contributed by atoms with van der Waals surface area (Å²) in [6.07, 6.45) is 7.21. The fraction of sp³-hybridized carbons (Fsp3) is 0.400. The van der Waals surface area contributed by atoms with Crippen LogP contribution >= 0.6 is 23.5 Å². The van der Waals surface area contributed by atoms with Crippen molar-refractivity contribution >= 4 is 23.5 Å². The maximum absolute atomic E-state index is 3.99. The molecule has 0 bridgehead atoms. The van der Waals surface area contributed by atoms with Gasteiger partial charge in [-0.3, -0.25) is 0 Å². The lowest BCUT2D eigenvalue weighted by molar-refractivity contribution is 1.22. The Kier molecular flexibility index (Phi) is 4.82. The Labute approximate surface area is 103 Å². The number of nitrogens with one attached hydrogen (secondary N) is 2. The Morgan fingerprint density at radius 2 is 1.38 bits per heavy atom. The molecule has 2 aromatic rings. The molecule has 0 atom stereocenters. The molecule has 2 N–H and O–H groups in total. The fourth-order valence-electron chi connectivity index (χ4n) is 1.21. The highest BCUT2D eigenvalue weighted by atomic mass is 32.2. The lowest BCUT2D eigenvalue weighted by Gasteiger charge is -1.99. The molecule has 0 fully saturated rings. The highest BCUT2D eigenvalue weighted by molar-refractivity contribution is 8.02. The van der Waals surface area contributed by atoms with Crippen LogP contribution in [-0.4, -0.2) is 31.4 Å². The lowest BCUT2D eigenvalue weighted by atomic mass is 10.6. The Morgan fingerprint density at radius 3 is 1.75 bits per heavy atom. The van der Waals surface area contributed by atoms with Crippen LogP contribution in [0.5, 0.6) is 0 Å². The largest absolute Gasteiger partial charge is 0.348 e. The van der Waals surface area contributed by atoms with E-state index in [1.165, 1.54) is 11.4 Å². The number of hydrogen-bond acceptors (Lipinski definition) is 4. The van der Waals surface area contributed by atoms with Gasteiger partial charge in [0.05, 0.1) is 12.7 Å². The van der Waals surface area contributed by atoms with Crippen molar-refractivity contribution in [3.8, 4) is 0 Å². The van der Waals surface area contributed by atoms with Gasteiger partial charge >= 0.3 is 0 Å². The molecule has 0 unspecified atom stereocenters. The molecule has 0 saturated carbocycles. The van der Waals surface area contributed by atoms with Gasteiger partial charge in [-0.25, -0.2) is 9.97 Å². The Morgan fingerprint density at radius 1 is 0.875 bits per heavy atom. The van der Waals surface area contributed by atoms with Gasteiger partial charge < -0.3 is 9.97 Å². The summed E-state index contributed by atoms with van der Waals surface area (Å²) in [5.41, 5.74) is 2.40. The van der Waals surface area contributed by atoms with E-state index in [9.17, 15) is 0 Å². The molecule has 0 spiro atoms. The van der Waals surface area contributed by atoms with Crippen LogP contribution in [0.25, 0.3) is 0 Å². The first kappa shape index (κ1) is 11.6. The summed E-state index contributed by atoms with van der Waals surface area (Å²) in [5.74, 6) is 4.37. The van der Waals surface area contributed by atoms with E-state index in [1.807, 2.05) is 35.9 Å². The average Bonchev–Trinajstić information content (AvgIpc) is 2.96. The van der Waals surface area contributed by atoms with Gasteiger partial charge in [0.2, 0.25) is 0 Å². The molecule has 4 nitrogen and oxygen atoms in total. The van der Waals surface area contributed by atoms with Crippen LogP contribution in [-0.2, 0) is 11.5 Å². The monoisotopic (exact) mass is 254 g/mol. The van der Waals surface area contributed by atoms with Crippen molar-refractivity contribution in [2.24, 2.45) is 0 Å². The van der Waals surface area contributed by atoms with Crippen LogP contribution in [0.15, 0.2) is 25.0 Å². The van der Waals surface area contributed by atoms with Crippen LogP contribution in [0, 0.1) is 0 Å². The third-order valence-corrected chi connectivity index (χ3v) is 4.27. The number of hydrogen-bond donors (Lipinski definition) is 2. The first-order valence-corrected chi connectivity index (χ1v) is 7.36. The number of aromatic nitrogens is 4. The number of rotatable bonds is 7. The molecule has 0 aliphatic carbocycles. The van der Waals surface area contributed by atoms with E-state index < -0.39 is 0 Å².